The fraction of sp³-hybridized carbons (Fsp3) is 0.875. The lowest BCUT2D eigenvalue weighted by molar-refractivity contribution is -0.131. The van der Waals surface area contributed by atoms with Crippen molar-refractivity contribution in [2.45, 2.75) is 30.9 Å². The molecule has 4 heteroatoms. The number of likely N-dealkylation sites (N-methyl/N-ethyl adjacent to an activating group) is 1. The summed E-state index contributed by atoms with van der Waals surface area (Å²) in [5.74, 6) is 0.161. The molecular weight excluding hydrogens is 267 g/mol. The van der Waals surface area contributed by atoms with Crippen molar-refractivity contribution in [1.82, 2.24) is 10.2 Å². The molecule has 0 aromatic carbocycles. The van der Waals surface area contributed by atoms with Crippen molar-refractivity contribution in [3.05, 3.63) is 0 Å². The Balaban J connectivity index is 4.20. The van der Waals surface area contributed by atoms with Gasteiger partial charge in [0.15, 0.2) is 0 Å². The van der Waals surface area contributed by atoms with E-state index in [1.54, 1.807) is 7.05 Å². The van der Waals surface area contributed by atoms with E-state index < -0.39 is 0 Å². The van der Waals surface area contributed by atoms with E-state index in [0.717, 1.165) is 0 Å². The number of carbonyl (C=O) groups is 1. The smallest absolute Gasteiger partial charge is 0.237 e. The Morgan fingerprint density at radius 3 is 2.25 bits per heavy atom. The van der Waals surface area contributed by atoms with Crippen LogP contribution in [0.25, 0.3) is 0 Å². The number of rotatable bonds is 4. The molecule has 0 bridgehead atoms. The second-order valence-electron chi connectivity index (χ2n) is 3.00. The van der Waals surface area contributed by atoms with Crippen molar-refractivity contribution >= 4 is 28.5 Å². The maximum Gasteiger partial charge on any atom is 0.237 e. The first kappa shape index (κ1) is 12.2. The minimum Gasteiger partial charge on any atom is -0.328 e. The Bertz CT molecular complexity index is 140. The summed E-state index contributed by atoms with van der Waals surface area (Å²) < 4.78 is 0.253. The van der Waals surface area contributed by atoms with Gasteiger partial charge in [0, 0.05) is 6.04 Å². The first-order valence-electron chi connectivity index (χ1n) is 4.10. The first-order chi connectivity index (χ1) is 5.50. The van der Waals surface area contributed by atoms with E-state index in [9.17, 15) is 4.79 Å². The average molecular weight is 284 g/mol. The van der Waals surface area contributed by atoms with Crippen molar-refractivity contribution in [2.24, 2.45) is 0 Å². The van der Waals surface area contributed by atoms with Gasteiger partial charge in [0.25, 0.3) is 0 Å². The molecule has 72 valence electrons. The highest BCUT2D eigenvalue weighted by Gasteiger charge is 2.19. The van der Waals surface area contributed by atoms with Crippen LogP contribution in [-0.4, -0.2) is 34.5 Å². The van der Waals surface area contributed by atoms with Gasteiger partial charge in [-0.15, -0.1) is 0 Å². The van der Waals surface area contributed by atoms with Crippen LogP contribution >= 0.6 is 22.6 Å². The summed E-state index contributed by atoms with van der Waals surface area (Å²) in [6, 6.07) is 0.276. The van der Waals surface area contributed by atoms with E-state index in [1.807, 2.05) is 25.7 Å². The standard InChI is InChI=1S/C8H17IN2O/c1-6(2)11(7(3)9)8(12)5-10-4/h6-7,10H,5H2,1-4H3. The number of carbonyl (C=O) groups excluding carboxylic acids is 1. The van der Waals surface area contributed by atoms with Gasteiger partial charge in [-0.05, 0) is 27.8 Å². The third kappa shape index (κ3) is 3.71. The minimum atomic E-state index is 0.161. The van der Waals surface area contributed by atoms with Crippen molar-refractivity contribution in [3.63, 3.8) is 0 Å². The monoisotopic (exact) mass is 284 g/mol. The lowest BCUT2D eigenvalue weighted by Crippen LogP contribution is -2.44. The van der Waals surface area contributed by atoms with Crippen LogP contribution in [0.5, 0.6) is 0 Å². The average Bonchev–Trinajstić information content (AvgIpc) is 1.85. The fourth-order valence-corrected chi connectivity index (χ4v) is 2.09. The zero-order chi connectivity index (χ0) is 9.72. The van der Waals surface area contributed by atoms with Gasteiger partial charge in [0.1, 0.15) is 0 Å². The molecule has 0 saturated carbocycles. The number of nitrogens with one attached hydrogen (secondary N) is 1. The van der Waals surface area contributed by atoms with Gasteiger partial charge in [0.05, 0.1) is 10.6 Å². The van der Waals surface area contributed by atoms with E-state index in [2.05, 4.69) is 27.9 Å². The normalized spacial score (nSPS) is 13.2. The molecule has 0 heterocycles. The predicted octanol–water partition coefficient (Wildman–Crippen LogP) is 1.22. The van der Waals surface area contributed by atoms with Gasteiger partial charge in [0.2, 0.25) is 5.91 Å². The third-order valence-electron chi connectivity index (χ3n) is 1.56. The molecule has 0 aromatic rings. The third-order valence-corrected chi connectivity index (χ3v) is 2.16. The lowest BCUT2D eigenvalue weighted by atomic mass is 10.3. The first-order valence-corrected chi connectivity index (χ1v) is 5.35. The fourth-order valence-electron chi connectivity index (χ4n) is 1.14. The van der Waals surface area contributed by atoms with Gasteiger partial charge >= 0.3 is 0 Å². The summed E-state index contributed by atoms with van der Waals surface area (Å²) in [4.78, 5) is 13.4. The van der Waals surface area contributed by atoms with Gasteiger partial charge in [-0.3, -0.25) is 4.79 Å². The van der Waals surface area contributed by atoms with E-state index >= 15 is 0 Å². The second kappa shape index (κ2) is 5.75. The maximum atomic E-state index is 11.5. The summed E-state index contributed by atoms with van der Waals surface area (Å²) in [7, 11) is 1.79. The highest BCUT2D eigenvalue weighted by atomic mass is 127. The molecule has 0 rings (SSSR count). The summed E-state index contributed by atoms with van der Waals surface area (Å²) in [5, 5.41) is 2.86. The van der Waals surface area contributed by atoms with Crippen molar-refractivity contribution in [2.75, 3.05) is 13.6 Å². The van der Waals surface area contributed by atoms with Crippen LogP contribution in [0.1, 0.15) is 20.8 Å². The molecule has 0 aliphatic rings. The van der Waals surface area contributed by atoms with Crippen LogP contribution in [0.4, 0.5) is 0 Å². The Hall–Kier alpha value is 0.160. The summed E-state index contributed by atoms with van der Waals surface area (Å²) >= 11 is 2.25. The molecule has 0 fully saturated rings. The summed E-state index contributed by atoms with van der Waals surface area (Å²) in [6.45, 7) is 6.51. The molecule has 0 aromatic heterocycles. The van der Waals surface area contributed by atoms with E-state index in [1.165, 1.54) is 0 Å². The molecule has 0 saturated heterocycles. The summed E-state index contributed by atoms with van der Waals surface area (Å²) in [6.07, 6.45) is 0. The highest BCUT2D eigenvalue weighted by Crippen LogP contribution is 2.11. The number of nitrogens with zero attached hydrogens (tertiary/aromatic N) is 1. The topological polar surface area (TPSA) is 32.3 Å². The molecule has 12 heavy (non-hydrogen) atoms. The number of alkyl halides is 1. The zero-order valence-corrected chi connectivity index (χ0v) is 10.3. The SMILES string of the molecule is CNCC(=O)N(C(C)C)C(C)I. The molecular formula is C8H17IN2O. The Kier molecular flexibility index (Phi) is 5.82. The van der Waals surface area contributed by atoms with Crippen molar-refractivity contribution in [1.29, 1.82) is 0 Å². The van der Waals surface area contributed by atoms with Crippen LogP contribution in [0.2, 0.25) is 0 Å². The number of hydrogen-bond acceptors (Lipinski definition) is 2. The second-order valence-corrected chi connectivity index (χ2v) is 4.80. The quantitative estimate of drug-likeness (QED) is 0.478. The van der Waals surface area contributed by atoms with Gasteiger partial charge in [-0.25, -0.2) is 0 Å². The molecule has 0 aliphatic carbocycles. The van der Waals surface area contributed by atoms with E-state index in [-0.39, 0.29) is 16.0 Å². The predicted molar refractivity (Wildman–Crippen MR) is 59.4 cm³/mol. The van der Waals surface area contributed by atoms with Gasteiger partial charge in [-0.2, -0.15) is 0 Å². The molecule has 0 spiro atoms. The molecule has 0 radical (unpaired) electrons. The van der Waals surface area contributed by atoms with Crippen LogP contribution in [0.3, 0.4) is 0 Å². The Morgan fingerprint density at radius 1 is 1.50 bits per heavy atom. The van der Waals surface area contributed by atoms with Crippen LogP contribution < -0.4 is 5.32 Å². The van der Waals surface area contributed by atoms with Crippen LogP contribution in [0, 0.1) is 0 Å². The molecule has 3 nitrogen and oxygen atoms in total. The molecule has 1 atom stereocenters. The number of halogens is 1. The maximum absolute atomic E-state index is 11.5. The molecule has 1 N–H and O–H groups in total. The summed E-state index contributed by atoms with van der Waals surface area (Å²) in [5.41, 5.74) is 0. The number of amides is 1. The largest absolute Gasteiger partial charge is 0.328 e. The highest BCUT2D eigenvalue weighted by molar-refractivity contribution is 14.1. The van der Waals surface area contributed by atoms with E-state index in [0.29, 0.717) is 6.54 Å². The van der Waals surface area contributed by atoms with Crippen molar-refractivity contribution in [3.8, 4) is 0 Å². The molecule has 1 amide bonds. The molecule has 0 aliphatic heterocycles. The van der Waals surface area contributed by atoms with Crippen molar-refractivity contribution < 1.29 is 4.79 Å². The van der Waals surface area contributed by atoms with E-state index in [4.69, 9.17) is 0 Å². The minimum absolute atomic E-state index is 0.161. The lowest BCUT2D eigenvalue weighted by Gasteiger charge is -2.29. The van der Waals surface area contributed by atoms with Crippen LogP contribution in [-0.2, 0) is 4.79 Å². The van der Waals surface area contributed by atoms with Crippen LogP contribution in [0.15, 0.2) is 0 Å². The van der Waals surface area contributed by atoms with Gasteiger partial charge < -0.3 is 10.2 Å². The Morgan fingerprint density at radius 2 is 2.00 bits per heavy atom. The Labute approximate surface area is 88.0 Å². The molecule has 1 unspecified atom stereocenters. The zero-order valence-electron chi connectivity index (χ0n) is 8.10. The van der Waals surface area contributed by atoms with Gasteiger partial charge in [-0.1, -0.05) is 22.6 Å². The number of hydrogen-bond donors (Lipinski definition) is 1.